The van der Waals surface area contributed by atoms with Gasteiger partial charge in [0.05, 0.1) is 18.9 Å². The zero-order valence-corrected chi connectivity index (χ0v) is 17.9. The van der Waals surface area contributed by atoms with Crippen LogP contribution in [0.5, 0.6) is 0 Å². The minimum absolute atomic E-state index is 0.576. The molecule has 5 rings (SSSR count). The van der Waals surface area contributed by atoms with Crippen LogP contribution in [-0.4, -0.2) is 53.3 Å². The summed E-state index contributed by atoms with van der Waals surface area (Å²) in [6.45, 7) is 3.35. The molecule has 3 aromatic heterocycles. The average Bonchev–Trinajstić information content (AvgIpc) is 2.89. The number of nitrogens with one attached hydrogen (secondary N) is 1. The molecule has 0 unspecified atom stereocenters. The van der Waals surface area contributed by atoms with Gasteiger partial charge in [-0.15, -0.1) is 0 Å². The van der Waals surface area contributed by atoms with Crippen molar-refractivity contribution < 1.29 is 4.74 Å². The highest BCUT2D eigenvalue weighted by Crippen LogP contribution is 2.29. The van der Waals surface area contributed by atoms with Crippen molar-refractivity contribution in [3.05, 3.63) is 73.2 Å². The molecule has 0 saturated carbocycles. The Labute approximate surface area is 187 Å². The van der Waals surface area contributed by atoms with Crippen LogP contribution in [0.4, 0.5) is 11.5 Å². The predicted octanol–water partition coefficient (Wildman–Crippen LogP) is 4.15. The van der Waals surface area contributed by atoms with Crippen LogP contribution in [0, 0.1) is 0 Å². The van der Waals surface area contributed by atoms with E-state index in [4.69, 9.17) is 9.72 Å². The van der Waals surface area contributed by atoms with Crippen molar-refractivity contribution in [2.75, 3.05) is 43.6 Å². The molecule has 1 N–H and O–H groups in total. The van der Waals surface area contributed by atoms with Gasteiger partial charge in [-0.2, -0.15) is 0 Å². The molecule has 7 heteroatoms. The SMILES string of the molecule is CNc1cc(-c2cncc(-c3cccc(N4CCOCC4)c3)c2)nc(-c2ccccn2)n1. The standard InChI is InChI=1S/C25H24N6O/c1-26-24-15-23(29-25(30-24)22-7-2-3-8-28-22)20-13-19(16-27-17-20)18-5-4-6-21(14-18)31-9-11-32-12-10-31/h2-8,13-17H,9-12H2,1H3,(H,26,29,30). The molecule has 0 bridgehead atoms. The van der Waals surface area contributed by atoms with Crippen molar-refractivity contribution in [2.45, 2.75) is 0 Å². The molecular weight excluding hydrogens is 400 g/mol. The number of morpholine rings is 1. The molecule has 0 amide bonds. The molecule has 32 heavy (non-hydrogen) atoms. The number of benzene rings is 1. The summed E-state index contributed by atoms with van der Waals surface area (Å²) >= 11 is 0. The summed E-state index contributed by atoms with van der Waals surface area (Å²) in [4.78, 5) is 20.6. The monoisotopic (exact) mass is 424 g/mol. The van der Waals surface area contributed by atoms with E-state index in [1.54, 1.807) is 6.20 Å². The van der Waals surface area contributed by atoms with Crippen LogP contribution < -0.4 is 10.2 Å². The lowest BCUT2D eigenvalue weighted by atomic mass is 10.0. The number of hydrogen-bond acceptors (Lipinski definition) is 7. The first kappa shape index (κ1) is 20.1. The molecule has 7 nitrogen and oxygen atoms in total. The Morgan fingerprint density at radius 1 is 0.844 bits per heavy atom. The summed E-state index contributed by atoms with van der Waals surface area (Å²) in [6.07, 6.45) is 5.47. The fourth-order valence-corrected chi connectivity index (χ4v) is 3.77. The van der Waals surface area contributed by atoms with E-state index in [1.165, 1.54) is 5.69 Å². The quantitative estimate of drug-likeness (QED) is 0.516. The number of anilines is 2. The smallest absolute Gasteiger partial charge is 0.180 e. The van der Waals surface area contributed by atoms with E-state index < -0.39 is 0 Å². The van der Waals surface area contributed by atoms with Crippen molar-refractivity contribution in [2.24, 2.45) is 0 Å². The molecule has 1 saturated heterocycles. The Hall–Kier alpha value is -3.84. The number of aromatic nitrogens is 4. The van der Waals surface area contributed by atoms with Gasteiger partial charge in [0, 0.05) is 61.6 Å². The molecule has 1 aromatic carbocycles. The van der Waals surface area contributed by atoms with E-state index in [0.717, 1.165) is 60.2 Å². The lowest BCUT2D eigenvalue weighted by Crippen LogP contribution is -2.36. The number of rotatable bonds is 5. The molecule has 160 valence electrons. The molecule has 4 heterocycles. The predicted molar refractivity (Wildman–Crippen MR) is 127 cm³/mol. The Kier molecular flexibility index (Phi) is 5.72. The maximum Gasteiger partial charge on any atom is 0.180 e. The number of hydrogen-bond donors (Lipinski definition) is 1. The molecule has 1 aliphatic heterocycles. The van der Waals surface area contributed by atoms with Crippen LogP contribution in [0.3, 0.4) is 0 Å². The second kappa shape index (κ2) is 9.11. The summed E-state index contributed by atoms with van der Waals surface area (Å²) in [5.41, 5.74) is 5.82. The van der Waals surface area contributed by atoms with Crippen LogP contribution in [0.25, 0.3) is 33.9 Å². The largest absolute Gasteiger partial charge is 0.378 e. The molecule has 1 fully saturated rings. The van der Waals surface area contributed by atoms with E-state index in [9.17, 15) is 0 Å². The third kappa shape index (κ3) is 4.29. The summed E-state index contributed by atoms with van der Waals surface area (Å²) in [6, 6.07) is 18.3. The number of ether oxygens (including phenoxy) is 1. The highest BCUT2D eigenvalue weighted by Gasteiger charge is 2.13. The Morgan fingerprint density at radius 3 is 2.53 bits per heavy atom. The van der Waals surface area contributed by atoms with Crippen molar-refractivity contribution in [1.82, 2.24) is 19.9 Å². The van der Waals surface area contributed by atoms with Gasteiger partial charge >= 0.3 is 0 Å². The third-order valence-corrected chi connectivity index (χ3v) is 5.47. The Bertz CT molecular complexity index is 1210. The molecule has 0 spiro atoms. The topological polar surface area (TPSA) is 76.1 Å². The van der Waals surface area contributed by atoms with Crippen molar-refractivity contribution >= 4 is 11.5 Å². The van der Waals surface area contributed by atoms with Gasteiger partial charge in [-0.25, -0.2) is 9.97 Å². The first-order valence-corrected chi connectivity index (χ1v) is 10.7. The van der Waals surface area contributed by atoms with Gasteiger partial charge < -0.3 is 15.0 Å². The first-order valence-electron chi connectivity index (χ1n) is 10.7. The Balaban J connectivity index is 1.51. The van der Waals surface area contributed by atoms with Crippen LogP contribution in [0.1, 0.15) is 0 Å². The van der Waals surface area contributed by atoms with Gasteiger partial charge in [0.25, 0.3) is 0 Å². The molecule has 0 aliphatic carbocycles. The molecular formula is C25H24N6O. The number of pyridine rings is 2. The molecule has 4 aromatic rings. The van der Waals surface area contributed by atoms with Gasteiger partial charge in [0.2, 0.25) is 0 Å². The normalized spacial score (nSPS) is 13.7. The summed E-state index contributed by atoms with van der Waals surface area (Å²) < 4.78 is 5.49. The summed E-state index contributed by atoms with van der Waals surface area (Å²) in [5, 5.41) is 3.12. The van der Waals surface area contributed by atoms with Gasteiger partial charge in [-0.05, 0) is 35.9 Å². The van der Waals surface area contributed by atoms with Crippen molar-refractivity contribution in [1.29, 1.82) is 0 Å². The van der Waals surface area contributed by atoms with E-state index >= 15 is 0 Å². The highest BCUT2D eigenvalue weighted by atomic mass is 16.5. The minimum atomic E-state index is 0.576. The summed E-state index contributed by atoms with van der Waals surface area (Å²) in [5.74, 6) is 1.31. The lowest BCUT2D eigenvalue weighted by molar-refractivity contribution is 0.122. The maximum absolute atomic E-state index is 5.49. The average molecular weight is 425 g/mol. The van der Waals surface area contributed by atoms with Crippen LogP contribution >= 0.6 is 0 Å². The fourth-order valence-electron chi connectivity index (χ4n) is 3.77. The highest BCUT2D eigenvalue weighted by molar-refractivity contribution is 5.74. The van der Waals surface area contributed by atoms with Gasteiger partial charge in [-0.1, -0.05) is 18.2 Å². The molecule has 0 atom stereocenters. The van der Waals surface area contributed by atoms with Gasteiger partial charge in [-0.3, -0.25) is 9.97 Å². The minimum Gasteiger partial charge on any atom is -0.378 e. The van der Waals surface area contributed by atoms with Crippen molar-refractivity contribution in [3.63, 3.8) is 0 Å². The lowest BCUT2D eigenvalue weighted by Gasteiger charge is -2.29. The summed E-state index contributed by atoms with van der Waals surface area (Å²) in [7, 11) is 1.85. The van der Waals surface area contributed by atoms with E-state index in [0.29, 0.717) is 5.82 Å². The fraction of sp³-hybridized carbons (Fsp3) is 0.200. The maximum atomic E-state index is 5.49. The third-order valence-electron chi connectivity index (χ3n) is 5.47. The van der Waals surface area contributed by atoms with Crippen molar-refractivity contribution in [3.8, 4) is 33.9 Å². The second-order valence-corrected chi connectivity index (χ2v) is 7.54. The first-order chi connectivity index (χ1) is 15.8. The Morgan fingerprint density at radius 2 is 1.72 bits per heavy atom. The second-order valence-electron chi connectivity index (χ2n) is 7.54. The van der Waals surface area contributed by atoms with E-state index in [-0.39, 0.29) is 0 Å². The van der Waals surface area contributed by atoms with Crippen LogP contribution in [0.15, 0.2) is 73.2 Å². The van der Waals surface area contributed by atoms with Gasteiger partial charge in [0.15, 0.2) is 5.82 Å². The van der Waals surface area contributed by atoms with E-state index in [2.05, 4.69) is 55.5 Å². The van der Waals surface area contributed by atoms with Crippen LogP contribution in [-0.2, 0) is 4.74 Å². The van der Waals surface area contributed by atoms with E-state index in [1.807, 2.05) is 43.7 Å². The zero-order chi connectivity index (χ0) is 21.8. The molecule has 1 aliphatic rings. The molecule has 0 radical (unpaired) electrons. The zero-order valence-electron chi connectivity index (χ0n) is 17.9. The van der Waals surface area contributed by atoms with Gasteiger partial charge in [0.1, 0.15) is 11.5 Å². The van der Waals surface area contributed by atoms with Crippen LogP contribution in [0.2, 0.25) is 0 Å². The number of nitrogens with zero attached hydrogens (tertiary/aromatic N) is 5.